The van der Waals surface area contributed by atoms with Crippen LogP contribution in [-0.4, -0.2) is 11.5 Å². The van der Waals surface area contributed by atoms with Gasteiger partial charge in [-0.25, -0.2) is 4.98 Å². The Hall–Kier alpha value is -1.46. The van der Waals surface area contributed by atoms with Crippen molar-refractivity contribution in [2.24, 2.45) is 0 Å². The maximum absolute atomic E-state index is 6.20. The van der Waals surface area contributed by atoms with E-state index in [4.69, 9.17) is 28.2 Å². The van der Waals surface area contributed by atoms with Gasteiger partial charge >= 0.3 is 0 Å². The van der Waals surface area contributed by atoms with E-state index >= 15 is 0 Å². The highest BCUT2D eigenvalue weighted by Crippen LogP contribution is 2.47. The minimum Gasteiger partial charge on any atom is -0.335 e. The molecule has 138 valence electrons. The number of nitrogens with zero attached hydrogens (tertiary/aromatic N) is 2. The van der Waals surface area contributed by atoms with Gasteiger partial charge in [-0.3, -0.25) is 0 Å². The largest absolute Gasteiger partial charge is 0.335 e. The molecule has 0 unspecified atom stereocenters. The summed E-state index contributed by atoms with van der Waals surface area (Å²) < 4.78 is 1.15. The van der Waals surface area contributed by atoms with Crippen molar-refractivity contribution in [2.75, 3.05) is 11.4 Å². The highest BCUT2D eigenvalue weighted by atomic mass is 35.5. The number of anilines is 1. The first-order valence-electron chi connectivity index (χ1n) is 8.80. The second-order valence-corrected chi connectivity index (χ2v) is 9.18. The average Bonchev–Trinajstić information content (AvgIpc) is 3.20. The summed E-state index contributed by atoms with van der Waals surface area (Å²) in [5.74, 6) is 0. The van der Waals surface area contributed by atoms with Gasteiger partial charge in [0.25, 0.3) is 0 Å². The Morgan fingerprint density at radius 1 is 1.11 bits per heavy atom. The van der Waals surface area contributed by atoms with E-state index in [1.54, 1.807) is 23.1 Å². The summed E-state index contributed by atoms with van der Waals surface area (Å²) in [6, 6.07) is 11.9. The van der Waals surface area contributed by atoms with Crippen LogP contribution in [0.15, 0.2) is 58.0 Å². The number of allylic oxidation sites excluding steroid dienone is 2. The van der Waals surface area contributed by atoms with Crippen LogP contribution in [0, 0.1) is 0 Å². The quantitative estimate of drug-likeness (QED) is 0.416. The molecular formula is C21H18Cl2N2S2. The number of hydrogen-bond acceptors (Lipinski definition) is 4. The van der Waals surface area contributed by atoms with Gasteiger partial charge in [-0.2, -0.15) is 0 Å². The smallest absolute Gasteiger partial charge is 0.117 e. The summed E-state index contributed by atoms with van der Waals surface area (Å²) in [7, 11) is 0. The zero-order valence-electron chi connectivity index (χ0n) is 15.0. The Morgan fingerprint density at radius 3 is 2.67 bits per heavy atom. The third-order valence-corrected chi connectivity index (χ3v) is 6.97. The van der Waals surface area contributed by atoms with Gasteiger partial charge in [0.05, 0.1) is 20.9 Å². The predicted octanol–water partition coefficient (Wildman–Crippen LogP) is 7.87. The Balaban J connectivity index is 1.68. The molecule has 0 N–H and O–H groups in total. The number of hydrogen-bond donors (Lipinski definition) is 0. The number of halogens is 2. The van der Waals surface area contributed by atoms with Gasteiger partial charge in [0, 0.05) is 21.5 Å². The molecule has 2 nitrogen and oxygen atoms in total. The minimum absolute atomic E-state index is 0.721. The molecule has 1 aromatic heterocycles. The van der Waals surface area contributed by atoms with Gasteiger partial charge in [0.1, 0.15) is 5.01 Å². The molecule has 0 atom stereocenters. The van der Waals surface area contributed by atoms with Gasteiger partial charge in [-0.15, -0.1) is 11.3 Å². The van der Waals surface area contributed by atoms with Crippen molar-refractivity contribution in [3.05, 3.63) is 68.1 Å². The molecule has 2 heterocycles. The van der Waals surface area contributed by atoms with Crippen LogP contribution in [0.3, 0.4) is 0 Å². The number of aromatic nitrogens is 1. The molecule has 6 heteroatoms. The lowest BCUT2D eigenvalue weighted by Crippen LogP contribution is -2.16. The molecular weight excluding hydrogens is 415 g/mol. The van der Waals surface area contributed by atoms with E-state index in [-0.39, 0.29) is 0 Å². The van der Waals surface area contributed by atoms with E-state index < -0.39 is 0 Å². The van der Waals surface area contributed by atoms with Crippen molar-refractivity contribution in [1.29, 1.82) is 0 Å². The molecule has 0 saturated heterocycles. The molecule has 1 aliphatic rings. The van der Waals surface area contributed by atoms with E-state index in [9.17, 15) is 0 Å². The molecule has 0 bridgehead atoms. The normalized spacial score (nSPS) is 15.8. The minimum atomic E-state index is 0.721. The van der Waals surface area contributed by atoms with Crippen LogP contribution >= 0.6 is 46.3 Å². The second kappa shape index (κ2) is 7.88. The molecule has 3 aromatic rings. The third-order valence-electron chi connectivity index (χ3n) is 4.40. The van der Waals surface area contributed by atoms with E-state index in [0.717, 1.165) is 38.2 Å². The fourth-order valence-electron chi connectivity index (χ4n) is 3.05. The summed E-state index contributed by atoms with van der Waals surface area (Å²) >= 11 is 15.8. The van der Waals surface area contributed by atoms with Gasteiger partial charge in [-0.05, 0) is 67.5 Å². The molecule has 27 heavy (non-hydrogen) atoms. The van der Waals surface area contributed by atoms with Crippen LogP contribution < -0.4 is 4.90 Å². The van der Waals surface area contributed by atoms with Crippen LogP contribution in [0.2, 0.25) is 10.0 Å². The summed E-state index contributed by atoms with van der Waals surface area (Å²) in [6.45, 7) is 5.24. The highest BCUT2D eigenvalue weighted by Gasteiger charge is 2.24. The monoisotopic (exact) mass is 432 g/mol. The van der Waals surface area contributed by atoms with Gasteiger partial charge in [-0.1, -0.05) is 41.9 Å². The average molecular weight is 433 g/mol. The van der Waals surface area contributed by atoms with Crippen molar-refractivity contribution in [3.63, 3.8) is 0 Å². The van der Waals surface area contributed by atoms with Crippen LogP contribution in [-0.2, 0) is 0 Å². The van der Waals surface area contributed by atoms with Crippen molar-refractivity contribution < 1.29 is 0 Å². The van der Waals surface area contributed by atoms with E-state index in [0.29, 0.717) is 0 Å². The van der Waals surface area contributed by atoms with Gasteiger partial charge < -0.3 is 4.90 Å². The molecule has 4 rings (SSSR count). The first-order valence-corrected chi connectivity index (χ1v) is 11.2. The van der Waals surface area contributed by atoms with Gasteiger partial charge in [0.15, 0.2) is 0 Å². The zero-order valence-corrected chi connectivity index (χ0v) is 18.1. The Labute approximate surface area is 177 Å². The molecule has 2 aromatic carbocycles. The molecule has 0 fully saturated rings. The number of rotatable bonds is 4. The molecule has 0 amide bonds. The summed E-state index contributed by atoms with van der Waals surface area (Å²) in [5, 5.41) is 3.73. The Morgan fingerprint density at radius 2 is 1.89 bits per heavy atom. The topological polar surface area (TPSA) is 16.1 Å². The molecule has 0 radical (unpaired) electrons. The molecule has 0 aliphatic carbocycles. The lowest BCUT2D eigenvalue weighted by atomic mass is 10.2. The zero-order chi connectivity index (χ0) is 19.0. The summed E-state index contributed by atoms with van der Waals surface area (Å²) in [4.78, 5) is 8.28. The fourth-order valence-corrected chi connectivity index (χ4v) is 5.49. The van der Waals surface area contributed by atoms with E-state index in [1.807, 2.05) is 30.3 Å². The fraction of sp³-hybridized carbons (Fsp3) is 0.190. The van der Waals surface area contributed by atoms with Gasteiger partial charge in [0.2, 0.25) is 0 Å². The lowest BCUT2D eigenvalue weighted by Gasteiger charge is -2.18. The van der Waals surface area contributed by atoms with Crippen LogP contribution in [0.4, 0.5) is 5.69 Å². The van der Waals surface area contributed by atoms with Crippen molar-refractivity contribution in [1.82, 2.24) is 4.98 Å². The summed E-state index contributed by atoms with van der Waals surface area (Å²) in [5.41, 5.74) is 3.39. The first kappa shape index (κ1) is 18.9. The number of benzene rings is 2. The standard InChI is InChI=1S/C21H18Cl2N2S2/c1-3-13(9-20-24-16-11-14(22)5-7-18(16)26-20)10-21-25(4-2)17-12-15(23)6-8-19(17)27-21/h5-12H,3-4H2,1-2H3. The maximum Gasteiger partial charge on any atom is 0.117 e. The third kappa shape index (κ3) is 3.90. The molecule has 0 saturated carbocycles. The SMILES string of the molecule is CCC(=Cc1nc2cc(Cl)ccc2s1)C=C1Sc2ccc(Cl)cc2N1CC. The first-order chi connectivity index (χ1) is 13.1. The van der Waals surface area contributed by atoms with Crippen molar-refractivity contribution in [3.8, 4) is 0 Å². The predicted molar refractivity (Wildman–Crippen MR) is 121 cm³/mol. The van der Waals surface area contributed by atoms with Crippen LogP contribution in [0.5, 0.6) is 0 Å². The van der Waals surface area contributed by atoms with Crippen LogP contribution in [0.25, 0.3) is 16.3 Å². The van der Waals surface area contributed by atoms with Crippen molar-refractivity contribution >= 4 is 68.3 Å². The number of fused-ring (bicyclic) bond motifs is 2. The Bertz CT molecular complexity index is 1070. The molecule has 1 aliphatic heterocycles. The maximum atomic E-state index is 6.20. The lowest BCUT2D eigenvalue weighted by molar-refractivity contribution is 0.998. The summed E-state index contributed by atoms with van der Waals surface area (Å²) in [6.07, 6.45) is 5.38. The number of thioether (sulfide) groups is 1. The Kier molecular flexibility index (Phi) is 5.51. The van der Waals surface area contributed by atoms with E-state index in [1.165, 1.54) is 21.2 Å². The van der Waals surface area contributed by atoms with Crippen molar-refractivity contribution in [2.45, 2.75) is 25.2 Å². The van der Waals surface area contributed by atoms with Crippen LogP contribution in [0.1, 0.15) is 25.3 Å². The highest BCUT2D eigenvalue weighted by molar-refractivity contribution is 8.03. The number of thiazole rings is 1. The second-order valence-electron chi connectivity index (χ2n) is 6.18. The van der Waals surface area contributed by atoms with E-state index in [2.05, 4.69) is 37.0 Å². The molecule has 0 spiro atoms.